The van der Waals surface area contributed by atoms with Crippen molar-refractivity contribution in [3.63, 3.8) is 0 Å². The van der Waals surface area contributed by atoms with Crippen molar-refractivity contribution in [1.82, 2.24) is 5.01 Å². The van der Waals surface area contributed by atoms with E-state index in [-0.39, 0.29) is 53.4 Å². The van der Waals surface area contributed by atoms with Gasteiger partial charge in [-0.25, -0.2) is 0 Å². The zero-order chi connectivity index (χ0) is 27.3. The number of amides is 1. The van der Waals surface area contributed by atoms with Crippen molar-refractivity contribution in [2.24, 2.45) is 51.6 Å². The van der Waals surface area contributed by atoms with Crippen LogP contribution in [0.15, 0.2) is 5.29 Å². The van der Waals surface area contributed by atoms with Gasteiger partial charge in [0.25, 0.3) is 10.1 Å². The largest absolute Gasteiger partial charge is 0.393 e. The number of hydrogen-bond acceptors (Lipinski definition) is 8. The second-order valence-electron chi connectivity index (χ2n) is 12.9. The number of nitrogens with zero attached hydrogens (tertiary/aromatic N) is 2. The molecule has 0 saturated heterocycles. The van der Waals surface area contributed by atoms with Crippen LogP contribution >= 0.6 is 0 Å². The van der Waals surface area contributed by atoms with Gasteiger partial charge in [0.15, 0.2) is 0 Å². The van der Waals surface area contributed by atoms with Crippen LogP contribution in [0.2, 0.25) is 0 Å². The summed E-state index contributed by atoms with van der Waals surface area (Å²) in [5.41, 5.74) is -0.384. The number of rotatable bonds is 8. The zero-order valence-corrected chi connectivity index (χ0v) is 23.0. The Bertz CT molecular complexity index is 978. The molecule has 0 spiro atoms. The summed E-state index contributed by atoms with van der Waals surface area (Å²) in [7, 11) is -4.32. The molecule has 11 atom stereocenters. The Hall–Kier alpha value is -1.14. The zero-order valence-electron chi connectivity index (χ0n) is 22.2. The van der Waals surface area contributed by atoms with Crippen LogP contribution in [0.1, 0.15) is 78.6 Å². The maximum absolute atomic E-state index is 12.5. The van der Waals surface area contributed by atoms with E-state index >= 15 is 0 Å². The van der Waals surface area contributed by atoms with E-state index in [1.54, 1.807) is 0 Å². The molecule has 212 valence electrons. The Morgan fingerprint density at radius 2 is 1.78 bits per heavy atom. The monoisotopic (exact) mass is 544 g/mol. The Morgan fingerprint density at radius 3 is 2.43 bits per heavy atom. The third kappa shape index (κ3) is 5.23. The van der Waals surface area contributed by atoms with E-state index in [1.807, 2.05) is 0 Å². The second-order valence-corrected chi connectivity index (χ2v) is 14.5. The molecule has 10 nitrogen and oxygen atoms in total. The molecule has 0 bridgehead atoms. The minimum absolute atomic E-state index is 0.00883. The summed E-state index contributed by atoms with van der Waals surface area (Å²) in [5, 5.41) is 36.5. The van der Waals surface area contributed by atoms with Crippen LogP contribution in [0.3, 0.4) is 0 Å². The molecule has 4 rings (SSSR count). The fourth-order valence-electron chi connectivity index (χ4n) is 9.23. The lowest BCUT2D eigenvalue weighted by atomic mass is 9.43. The van der Waals surface area contributed by atoms with Gasteiger partial charge < -0.3 is 15.3 Å². The highest BCUT2D eigenvalue weighted by atomic mass is 32.2. The molecule has 4 aliphatic carbocycles. The van der Waals surface area contributed by atoms with Gasteiger partial charge in [0.05, 0.1) is 35.9 Å². The first-order valence-electron chi connectivity index (χ1n) is 13.8. The second kappa shape index (κ2) is 10.4. The van der Waals surface area contributed by atoms with Crippen molar-refractivity contribution in [3.8, 4) is 0 Å². The van der Waals surface area contributed by atoms with Gasteiger partial charge >= 0.3 is 0 Å². The Kier molecular flexibility index (Phi) is 8.15. The minimum Gasteiger partial charge on any atom is -0.393 e. The average Bonchev–Trinajstić information content (AvgIpc) is 3.17. The summed E-state index contributed by atoms with van der Waals surface area (Å²) in [6.07, 6.45) is 4.75. The molecular weight excluding hydrogens is 500 g/mol. The molecule has 1 amide bonds. The van der Waals surface area contributed by atoms with Crippen molar-refractivity contribution in [2.45, 2.75) is 96.9 Å². The van der Waals surface area contributed by atoms with Crippen molar-refractivity contribution < 1.29 is 33.1 Å². The molecule has 5 unspecified atom stereocenters. The Balaban J connectivity index is 1.45. The number of carbonyl (C=O) groups excluding carboxylic acids is 1. The predicted octanol–water partition coefficient (Wildman–Crippen LogP) is 2.76. The molecule has 0 heterocycles. The predicted molar refractivity (Wildman–Crippen MR) is 136 cm³/mol. The average molecular weight is 545 g/mol. The van der Waals surface area contributed by atoms with Gasteiger partial charge in [-0.3, -0.25) is 9.35 Å². The summed E-state index contributed by atoms with van der Waals surface area (Å²) in [6, 6.07) is 0. The summed E-state index contributed by atoms with van der Waals surface area (Å²) in [4.78, 5) is 23.6. The lowest BCUT2D eigenvalue weighted by Gasteiger charge is -2.63. The maximum Gasteiger partial charge on any atom is 0.266 e. The van der Waals surface area contributed by atoms with Crippen LogP contribution in [-0.4, -0.2) is 69.8 Å². The maximum atomic E-state index is 12.5. The first-order chi connectivity index (χ1) is 17.2. The van der Waals surface area contributed by atoms with E-state index in [0.717, 1.165) is 32.1 Å². The molecule has 0 aromatic heterocycles. The van der Waals surface area contributed by atoms with Gasteiger partial charge in [-0.1, -0.05) is 20.8 Å². The van der Waals surface area contributed by atoms with Crippen molar-refractivity contribution in [3.05, 3.63) is 4.91 Å². The molecule has 4 saturated carbocycles. The number of carbonyl (C=O) groups is 1. The fourth-order valence-corrected chi connectivity index (χ4v) is 9.63. The first kappa shape index (κ1) is 28.9. The van der Waals surface area contributed by atoms with Crippen LogP contribution < -0.4 is 0 Å². The highest BCUT2D eigenvalue weighted by Gasteiger charge is 2.65. The highest BCUT2D eigenvalue weighted by Crippen LogP contribution is 2.68. The molecular formula is C26H44N2O8S. The van der Waals surface area contributed by atoms with Crippen LogP contribution in [0.4, 0.5) is 0 Å². The van der Waals surface area contributed by atoms with E-state index in [2.05, 4.69) is 26.1 Å². The highest BCUT2D eigenvalue weighted by molar-refractivity contribution is 7.85. The number of hydrogen-bond donors (Lipinski definition) is 4. The fraction of sp³-hybridized carbons (Fsp3) is 0.962. The number of aliphatic hydroxyl groups is 3. The summed E-state index contributed by atoms with van der Waals surface area (Å²) in [5.74, 6) is -0.370. The normalized spacial score (nSPS) is 44.3. The minimum atomic E-state index is -4.32. The number of fused-ring (bicyclic) bond motifs is 5. The quantitative estimate of drug-likeness (QED) is 0.206. The van der Waals surface area contributed by atoms with Crippen molar-refractivity contribution >= 4 is 16.0 Å². The lowest BCUT2D eigenvalue weighted by molar-refractivity contribution is -0.207. The summed E-state index contributed by atoms with van der Waals surface area (Å²) in [6.45, 7) is 6.01. The third-order valence-corrected chi connectivity index (χ3v) is 12.0. The molecule has 37 heavy (non-hydrogen) atoms. The van der Waals surface area contributed by atoms with Crippen LogP contribution in [0.5, 0.6) is 0 Å². The van der Waals surface area contributed by atoms with E-state index < -0.39 is 45.9 Å². The molecule has 0 aromatic rings. The van der Waals surface area contributed by atoms with E-state index in [9.17, 15) is 33.4 Å². The van der Waals surface area contributed by atoms with Gasteiger partial charge in [-0.05, 0) is 97.7 Å². The van der Waals surface area contributed by atoms with Crippen LogP contribution in [0.25, 0.3) is 0 Å². The van der Waals surface area contributed by atoms with E-state index in [4.69, 9.17) is 4.55 Å². The SMILES string of the molecule is C[C@H](CCC(=O)N(CCS(=O)(=O)O)N=O)[C@H]1CC[C@H]2[C@H]3C(CC(O)[C@]12C)C1(C)CCC(O)CC1C[C@@H]3O. The first-order valence-corrected chi connectivity index (χ1v) is 15.5. The van der Waals surface area contributed by atoms with E-state index in [0.29, 0.717) is 24.3 Å². The molecule has 0 aromatic carbocycles. The number of nitroso groups, excluding NO2 is 1. The smallest absolute Gasteiger partial charge is 0.266 e. The Labute approximate surface area is 219 Å². The number of aliphatic hydroxyl groups excluding tert-OH is 3. The van der Waals surface area contributed by atoms with Crippen LogP contribution in [0, 0.1) is 51.2 Å². The Morgan fingerprint density at radius 1 is 1.08 bits per heavy atom. The molecule has 0 aliphatic heterocycles. The molecule has 0 radical (unpaired) electrons. The van der Waals surface area contributed by atoms with E-state index in [1.165, 1.54) is 0 Å². The topological polar surface area (TPSA) is 165 Å². The third-order valence-electron chi connectivity index (χ3n) is 11.3. The molecule has 4 N–H and O–H groups in total. The van der Waals surface area contributed by atoms with Gasteiger partial charge in [0, 0.05) is 6.42 Å². The lowest BCUT2D eigenvalue weighted by Crippen LogP contribution is -2.62. The van der Waals surface area contributed by atoms with Crippen molar-refractivity contribution in [1.29, 1.82) is 0 Å². The molecule has 11 heteroatoms. The van der Waals surface area contributed by atoms with Crippen molar-refractivity contribution in [2.75, 3.05) is 12.3 Å². The van der Waals surface area contributed by atoms with Gasteiger partial charge in [0.2, 0.25) is 5.91 Å². The van der Waals surface area contributed by atoms with Crippen LogP contribution in [-0.2, 0) is 14.9 Å². The van der Waals surface area contributed by atoms with Gasteiger partial charge in [-0.2, -0.15) is 13.4 Å². The summed E-state index contributed by atoms with van der Waals surface area (Å²) < 4.78 is 30.8. The molecule has 4 fully saturated rings. The summed E-state index contributed by atoms with van der Waals surface area (Å²) >= 11 is 0. The standard InChI is InChI=1S/C26H44N2O8S/c1-15(4-7-23(32)28(27-33)10-11-37(34,35)36)18-5-6-19-24-20(14-22(31)26(18,19)3)25(2)9-8-17(29)12-16(25)13-21(24)30/h15-22,24,29-31H,4-14H2,1-3H3,(H,34,35,36)/t15-,16?,17?,18-,19+,20?,21+,22?,24+,25?,26-/m1/s1. The van der Waals surface area contributed by atoms with Gasteiger partial charge in [-0.15, -0.1) is 4.91 Å². The van der Waals surface area contributed by atoms with Gasteiger partial charge in [0.1, 0.15) is 0 Å². The molecule has 4 aliphatic rings.